The first-order valence-electron chi connectivity index (χ1n) is 7.93. The molecule has 0 saturated carbocycles. The van der Waals surface area contributed by atoms with Crippen LogP contribution in [0.2, 0.25) is 0 Å². The number of hydrogen-bond donors (Lipinski definition) is 0. The molecule has 3 heteroatoms. The van der Waals surface area contributed by atoms with Gasteiger partial charge in [-0.15, -0.1) is 0 Å². The Morgan fingerprint density at radius 3 is 2.65 bits per heavy atom. The second kappa shape index (κ2) is 6.96. The van der Waals surface area contributed by atoms with Crippen molar-refractivity contribution in [1.29, 1.82) is 0 Å². The lowest BCUT2D eigenvalue weighted by atomic mass is 10.00. The molecule has 1 aliphatic heterocycles. The molecule has 112 valence electrons. The van der Waals surface area contributed by atoms with E-state index >= 15 is 0 Å². The van der Waals surface area contributed by atoms with E-state index in [4.69, 9.17) is 4.74 Å². The fourth-order valence-electron chi connectivity index (χ4n) is 3.15. The number of fused-ring (bicyclic) bond motifs is 1. The van der Waals surface area contributed by atoms with Gasteiger partial charge in [-0.1, -0.05) is 20.8 Å². The number of halogens is 1. The van der Waals surface area contributed by atoms with Crippen molar-refractivity contribution in [3.63, 3.8) is 0 Å². The van der Waals surface area contributed by atoms with Gasteiger partial charge in [-0.05, 0) is 44.2 Å². The highest BCUT2D eigenvalue weighted by Gasteiger charge is 2.24. The number of hydrogen-bond acceptors (Lipinski definition) is 2. The Bertz CT molecular complexity index is 443. The summed E-state index contributed by atoms with van der Waals surface area (Å²) in [5, 5.41) is 0. The lowest BCUT2D eigenvalue weighted by Crippen LogP contribution is -2.36. The van der Waals surface area contributed by atoms with Gasteiger partial charge in [0.05, 0.1) is 6.61 Å². The second-order valence-corrected chi connectivity index (χ2v) is 5.49. The van der Waals surface area contributed by atoms with Gasteiger partial charge in [-0.25, -0.2) is 4.39 Å². The van der Waals surface area contributed by atoms with Crippen molar-refractivity contribution in [2.45, 2.75) is 58.9 Å². The van der Waals surface area contributed by atoms with Crippen LogP contribution in [0.5, 0.6) is 5.75 Å². The number of rotatable bonds is 6. The highest BCUT2D eigenvalue weighted by molar-refractivity contribution is 5.61. The summed E-state index contributed by atoms with van der Waals surface area (Å²) in [5.41, 5.74) is 2.24. The molecular formula is C17H26FNO. The average Bonchev–Trinajstić information content (AvgIpc) is 2.48. The molecule has 2 nitrogen and oxygen atoms in total. The van der Waals surface area contributed by atoms with Gasteiger partial charge in [0, 0.05) is 23.8 Å². The molecule has 0 spiro atoms. The summed E-state index contributed by atoms with van der Waals surface area (Å²) in [5.74, 6) is 0.269. The summed E-state index contributed by atoms with van der Waals surface area (Å²) in [6.45, 7) is 8.30. The van der Waals surface area contributed by atoms with Crippen LogP contribution in [-0.2, 0) is 6.42 Å². The fraction of sp³-hybridized carbons (Fsp3) is 0.647. The van der Waals surface area contributed by atoms with Crippen LogP contribution < -0.4 is 9.64 Å². The molecule has 0 atom stereocenters. The van der Waals surface area contributed by atoms with Crippen molar-refractivity contribution in [3.05, 3.63) is 23.5 Å². The summed E-state index contributed by atoms with van der Waals surface area (Å²) >= 11 is 0. The van der Waals surface area contributed by atoms with Crippen molar-refractivity contribution < 1.29 is 9.13 Å². The van der Waals surface area contributed by atoms with Crippen LogP contribution in [0.4, 0.5) is 10.1 Å². The fourth-order valence-corrected chi connectivity index (χ4v) is 3.15. The van der Waals surface area contributed by atoms with Crippen LogP contribution >= 0.6 is 0 Å². The van der Waals surface area contributed by atoms with E-state index in [0.29, 0.717) is 18.4 Å². The predicted molar refractivity (Wildman–Crippen MR) is 82.2 cm³/mol. The van der Waals surface area contributed by atoms with Gasteiger partial charge < -0.3 is 9.64 Å². The van der Waals surface area contributed by atoms with Crippen molar-refractivity contribution >= 4 is 5.69 Å². The van der Waals surface area contributed by atoms with Gasteiger partial charge in [-0.2, -0.15) is 0 Å². The summed E-state index contributed by atoms with van der Waals surface area (Å²) in [6.07, 6.45) is 5.23. The monoisotopic (exact) mass is 279 g/mol. The van der Waals surface area contributed by atoms with Gasteiger partial charge in [-0.3, -0.25) is 0 Å². The molecule has 0 bridgehead atoms. The molecule has 0 aromatic heterocycles. The summed E-state index contributed by atoms with van der Waals surface area (Å²) in [6, 6.07) is 4.02. The molecule has 0 amide bonds. The molecule has 1 aromatic rings. The van der Waals surface area contributed by atoms with Gasteiger partial charge in [0.1, 0.15) is 0 Å². The molecule has 0 fully saturated rings. The minimum atomic E-state index is -0.218. The quantitative estimate of drug-likeness (QED) is 0.757. The third-order valence-electron chi connectivity index (χ3n) is 4.16. The third kappa shape index (κ3) is 2.92. The first-order valence-corrected chi connectivity index (χ1v) is 7.93. The van der Waals surface area contributed by atoms with E-state index in [-0.39, 0.29) is 5.82 Å². The lowest BCUT2D eigenvalue weighted by Gasteiger charge is -2.35. The molecular weight excluding hydrogens is 253 g/mol. The van der Waals surface area contributed by atoms with Crippen molar-refractivity contribution in [1.82, 2.24) is 0 Å². The standard InChI is InChI=1S/C17H26FNO/c1-4-11-19(13(5-2)6-3)16-10-9-15(18)17-14(16)8-7-12-20-17/h9-10,13H,4-8,11-12H2,1-3H3. The maximum Gasteiger partial charge on any atom is 0.165 e. The van der Waals surface area contributed by atoms with Gasteiger partial charge in [0.15, 0.2) is 11.6 Å². The van der Waals surface area contributed by atoms with Crippen LogP contribution in [-0.4, -0.2) is 19.2 Å². The van der Waals surface area contributed by atoms with E-state index in [2.05, 4.69) is 25.7 Å². The zero-order valence-electron chi connectivity index (χ0n) is 12.9. The van der Waals surface area contributed by atoms with E-state index in [1.54, 1.807) is 6.07 Å². The topological polar surface area (TPSA) is 12.5 Å². The molecule has 0 unspecified atom stereocenters. The molecule has 0 aliphatic carbocycles. The molecule has 1 aliphatic rings. The summed E-state index contributed by atoms with van der Waals surface area (Å²) in [4.78, 5) is 2.45. The van der Waals surface area contributed by atoms with E-state index in [0.717, 1.165) is 44.2 Å². The molecule has 1 heterocycles. The molecule has 2 rings (SSSR count). The van der Waals surface area contributed by atoms with Crippen molar-refractivity contribution in [2.75, 3.05) is 18.1 Å². The Kier molecular flexibility index (Phi) is 5.27. The minimum absolute atomic E-state index is 0.218. The molecule has 0 saturated heterocycles. The van der Waals surface area contributed by atoms with Crippen LogP contribution in [0.3, 0.4) is 0 Å². The smallest absolute Gasteiger partial charge is 0.165 e. The minimum Gasteiger partial charge on any atom is -0.490 e. The summed E-state index contributed by atoms with van der Waals surface area (Å²) < 4.78 is 19.5. The maximum atomic E-state index is 13.9. The van der Waals surface area contributed by atoms with E-state index < -0.39 is 0 Å². The Hall–Kier alpha value is -1.25. The lowest BCUT2D eigenvalue weighted by molar-refractivity contribution is 0.273. The highest BCUT2D eigenvalue weighted by Crippen LogP contribution is 2.37. The maximum absolute atomic E-state index is 13.9. The van der Waals surface area contributed by atoms with Crippen molar-refractivity contribution in [3.8, 4) is 5.75 Å². The predicted octanol–water partition coefficient (Wildman–Crippen LogP) is 4.56. The third-order valence-corrected chi connectivity index (χ3v) is 4.16. The second-order valence-electron chi connectivity index (χ2n) is 5.49. The van der Waals surface area contributed by atoms with Crippen LogP contribution in [0.1, 0.15) is 52.0 Å². The highest BCUT2D eigenvalue weighted by atomic mass is 19.1. The molecule has 20 heavy (non-hydrogen) atoms. The Labute approximate surface area is 121 Å². The largest absolute Gasteiger partial charge is 0.490 e. The Morgan fingerprint density at radius 2 is 2.00 bits per heavy atom. The van der Waals surface area contributed by atoms with E-state index in [1.807, 2.05) is 6.07 Å². The zero-order valence-corrected chi connectivity index (χ0v) is 12.9. The normalized spacial score (nSPS) is 14.1. The van der Waals surface area contributed by atoms with Crippen LogP contribution in [0, 0.1) is 5.82 Å². The first-order chi connectivity index (χ1) is 9.72. The number of ether oxygens (including phenoxy) is 1. The molecule has 1 aromatic carbocycles. The SMILES string of the molecule is CCCN(c1ccc(F)c2c1CCCO2)C(CC)CC. The number of benzene rings is 1. The number of anilines is 1. The molecule has 0 N–H and O–H groups in total. The van der Waals surface area contributed by atoms with Gasteiger partial charge in [0.2, 0.25) is 0 Å². The van der Waals surface area contributed by atoms with Gasteiger partial charge in [0.25, 0.3) is 0 Å². The van der Waals surface area contributed by atoms with Crippen LogP contribution in [0.15, 0.2) is 12.1 Å². The van der Waals surface area contributed by atoms with Crippen molar-refractivity contribution in [2.24, 2.45) is 0 Å². The average molecular weight is 279 g/mol. The Balaban J connectivity index is 2.42. The summed E-state index contributed by atoms with van der Waals surface area (Å²) in [7, 11) is 0. The Morgan fingerprint density at radius 1 is 1.25 bits per heavy atom. The van der Waals surface area contributed by atoms with E-state index in [9.17, 15) is 4.39 Å². The number of nitrogens with zero attached hydrogens (tertiary/aromatic N) is 1. The van der Waals surface area contributed by atoms with E-state index in [1.165, 1.54) is 5.69 Å². The zero-order chi connectivity index (χ0) is 14.5. The first kappa shape index (κ1) is 15.1. The van der Waals surface area contributed by atoms with Gasteiger partial charge >= 0.3 is 0 Å². The van der Waals surface area contributed by atoms with Crippen LogP contribution in [0.25, 0.3) is 0 Å². The molecule has 0 radical (unpaired) electrons.